The molecular weight excluding hydrogens is 224 g/mol. The van der Waals surface area contributed by atoms with Gasteiger partial charge in [-0.2, -0.15) is 0 Å². The van der Waals surface area contributed by atoms with E-state index in [9.17, 15) is 5.11 Å². The summed E-state index contributed by atoms with van der Waals surface area (Å²) in [4.78, 5) is 0. The normalized spacial score (nSPS) is 11.1. The van der Waals surface area contributed by atoms with Crippen LogP contribution in [0.2, 0.25) is 0 Å². The van der Waals surface area contributed by atoms with Crippen LogP contribution in [-0.4, -0.2) is 14.9 Å². The van der Waals surface area contributed by atoms with Gasteiger partial charge >= 0.3 is 0 Å². The first kappa shape index (κ1) is 12.7. The summed E-state index contributed by atoms with van der Waals surface area (Å²) in [7, 11) is 0. The van der Waals surface area contributed by atoms with Gasteiger partial charge < -0.3 is 5.11 Å². The Balaban J connectivity index is 2.56. The van der Waals surface area contributed by atoms with Crippen molar-refractivity contribution >= 4 is 0 Å². The van der Waals surface area contributed by atoms with Gasteiger partial charge in [0.25, 0.3) is 0 Å². The Bertz CT molecular complexity index is 515. The maximum atomic E-state index is 10.0. The van der Waals surface area contributed by atoms with Crippen LogP contribution in [0.5, 0.6) is 5.88 Å². The van der Waals surface area contributed by atoms with Crippen molar-refractivity contribution in [2.45, 2.75) is 33.7 Å². The number of hydrogen-bond donors (Lipinski definition) is 1. The predicted octanol–water partition coefficient (Wildman–Crippen LogP) is 3.47. The average molecular weight is 244 g/mol. The molecule has 0 saturated carbocycles. The Hall–Kier alpha value is -1.77. The van der Waals surface area contributed by atoms with Gasteiger partial charge in [-0.3, -0.25) is 4.68 Å². The molecule has 1 heterocycles. The molecule has 0 aliphatic rings. The molecule has 0 bridgehead atoms. The molecule has 0 aliphatic carbocycles. The lowest BCUT2D eigenvalue weighted by Gasteiger charge is -2.09. The lowest BCUT2D eigenvalue weighted by Crippen LogP contribution is -2.01. The third kappa shape index (κ3) is 2.40. The van der Waals surface area contributed by atoms with E-state index in [0.717, 1.165) is 29.8 Å². The van der Waals surface area contributed by atoms with Crippen LogP contribution < -0.4 is 0 Å². The summed E-state index contributed by atoms with van der Waals surface area (Å²) in [6, 6.07) is 10.1. The molecule has 2 aromatic rings. The van der Waals surface area contributed by atoms with Crippen molar-refractivity contribution in [3.05, 3.63) is 35.9 Å². The fourth-order valence-electron chi connectivity index (χ4n) is 2.23. The number of hydrogen-bond acceptors (Lipinski definition) is 2. The molecule has 0 amide bonds. The molecule has 0 unspecified atom stereocenters. The molecule has 0 saturated heterocycles. The third-order valence-corrected chi connectivity index (χ3v) is 2.99. The van der Waals surface area contributed by atoms with Gasteiger partial charge in [-0.15, -0.1) is 5.10 Å². The van der Waals surface area contributed by atoms with Crippen molar-refractivity contribution in [1.29, 1.82) is 0 Å². The molecule has 1 aromatic heterocycles. The fraction of sp³-hybridized carbons (Fsp3) is 0.400. The van der Waals surface area contributed by atoms with E-state index in [1.807, 2.05) is 29.8 Å². The number of benzene rings is 1. The van der Waals surface area contributed by atoms with Crippen molar-refractivity contribution in [2.75, 3.05) is 0 Å². The standard InChI is InChI=1S/C15H20N2O/c1-4-17-14(12-8-6-5-7-9-12)13(10-11(2)3)15(18)16-17/h5-9,11H,4,10H2,1-3H3,(H,16,18). The van der Waals surface area contributed by atoms with Gasteiger partial charge in [0.2, 0.25) is 5.88 Å². The molecule has 0 fully saturated rings. The molecule has 2 rings (SSSR count). The average Bonchev–Trinajstić information content (AvgIpc) is 2.67. The monoisotopic (exact) mass is 244 g/mol. The Morgan fingerprint density at radius 3 is 2.44 bits per heavy atom. The molecule has 1 N–H and O–H groups in total. The van der Waals surface area contributed by atoms with Crippen LogP contribution in [-0.2, 0) is 13.0 Å². The maximum Gasteiger partial charge on any atom is 0.234 e. The van der Waals surface area contributed by atoms with E-state index < -0.39 is 0 Å². The van der Waals surface area contributed by atoms with Crippen molar-refractivity contribution in [2.24, 2.45) is 5.92 Å². The lowest BCUT2D eigenvalue weighted by atomic mass is 9.99. The predicted molar refractivity (Wildman–Crippen MR) is 73.5 cm³/mol. The highest BCUT2D eigenvalue weighted by Gasteiger charge is 2.18. The summed E-state index contributed by atoms with van der Waals surface area (Å²) in [5.74, 6) is 0.664. The van der Waals surface area contributed by atoms with Crippen LogP contribution in [0.25, 0.3) is 11.3 Å². The van der Waals surface area contributed by atoms with Gasteiger partial charge in [0.05, 0.1) is 5.69 Å². The van der Waals surface area contributed by atoms with Gasteiger partial charge in [-0.25, -0.2) is 0 Å². The van der Waals surface area contributed by atoms with Crippen LogP contribution in [0.3, 0.4) is 0 Å². The van der Waals surface area contributed by atoms with Gasteiger partial charge in [-0.1, -0.05) is 44.2 Å². The zero-order valence-electron chi connectivity index (χ0n) is 11.2. The second kappa shape index (κ2) is 5.25. The molecule has 18 heavy (non-hydrogen) atoms. The maximum absolute atomic E-state index is 10.0. The van der Waals surface area contributed by atoms with E-state index in [2.05, 4.69) is 31.1 Å². The van der Waals surface area contributed by atoms with Crippen LogP contribution in [0.1, 0.15) is 26.3 Å². The minimum atomic E-state index is 0.171. The zero-order chi connectivity index (χ0) is 13.1. The Labute approximate surface area is 108 Å². The summed E-state index contributed by atoms with van der Waals surface area (Å²) in [6.07, 6.45) is 0.843. The van der Waals surface area contributed by atoms with Gasteiger partial charge in [0.1, 0.15) is 0 Å². The molecule has 3 heteroatoms. The fourth-order valence-corrected chi connectivity index (χ4v) is 2.23. The first-order chi connectivity index (χ1) is 8.63. The van der Waals surface area contributed by atoms with Crippen molar-refractivity contribution < 1.29 is 5.11 Å². The second-order valence-electron chi connectivity index (χ2n) is 4.93. The molecule has 0 radical (unpaired) electrons. The number of nitrogens with zero attached hydrogens (tertiary/aromatic N) is 2. The molecule has 1 aromatic carbocycles. The largest absolute Gasteiger partial charge is 0.492 e. The summed E-state index contributed by atoms with van der Waals surface area (Å²) >= 11 is 0. The van der Waals surface area contributed by atoms with E-state index in [-0.39, 0.29) is 5.88 Å². The van der Waals surface area contributed by atoms with Crippen LogP contribution in [0, 0.1) is 5.92 Å². The number of rotatable bonds is 4. The second-order valence-corrected chi connectivity index (χ2v) is 4.93. The summed E-state index contributed by atoms with van der Waals surface area (Å²) in [5.41, 5.74) is 3.12. The Kier molecular flexibility index (Phi) is 3.70. The highest BCUT2D eigenvalue weighted by molar-refractivity contribution is 5.65. The number of aromatic hydroxyl groups is 1. The molecule has 0 aliphatic heterocycles. The Morgan fingerprint density at radius 1 is 1.22 bits per heavy atom. The zero-order valence-corrected chi connectivity index (χ0v) is 11.2. The van der Waals surface area contributed by atoms with E-state index in [1.54, 1.807) is 0 Å². The lowest BCUT2D eigenvalue weighted by molar-refractivity contribution is 0.431. The summed E-state index contributed by atoms with van der Waals surface area (Å²) in [5, 5.41) is 14.3. The quantitative estimate of drug-likeness (QED) is 0.894. The number of aryl methyl sites for hydroxylation is 1. The molecular formula is C15H20N2O. The van der Waals surface area contributed by atoms with Crippen molar-refractivity contribution in [3.63, 3.8) is 0 Å². The summed E-state index contributed by atoms with van der Waals surface area (Å²) < 4.78 is 1.88. The summed E-state index contributed by atoms with van der Waals surface area (Å²) in [6.45, 7) is 7.10. The van der Waals surface area contributed by atoms with Gasteiger partial charge in [-0.05, 0) is 19.3 Å². The van der Waals surface area contributed by atoms with Crippen molar-refractivity contribution in [1.82, 2.24) is 9.78 Å². The molecule has 0 atom stereocenters. The highest BCUT2D eigenvalue weighted by Crippen LogP contribution is 2.31. The van der Waals surface area contributed by atoms with Gasteiger partial charge in [0.15, 0.2) is 0 Å². The minimum Gasteiger partial charge on any atom is -0.492 e. The number of aromatic nitrogens is 2. The van der Waals surface area contributed by atoms with Crippen molar-refractivity contribution in [3.8, 4) is 17.1 Å². The van der Waals surface area contributed by atoms with Crippen LogP contribution in [0.4, 0.5) is 0 Å². The topological polar surface area (TPSA) is 38.0 Å². The molecule has 96 valence electrons. The van der Waals surface area contributed by atoms with Gasteiger partial charge in [0, 0.05) is 17.7 Å². The smallest absolute Gasteiger partial charge is 0.234 e. The van der Waals surface area contributed by atoms with Crippen LogP contribution in [0.15, 0.2) is 30.3 Å². The van der Waals surface area contributed by atoms with E-state index in [1.165, 1.54) is 0 Å². The molecule has 3 nitrogen and oxygen atoms in total. The van der Waals surface area contributed by atoms with E-state index in [4.69, 9.17) is 0 Å². The highest BCUT2D eigenvalue weighted by atomic mass is 16.3. The first-order valence-electron chi connectivity index (χ1n) is 6.47. The van der Waals surface area contributed by atoms with Crippen LogP contribution >= 0.6 is 0 Å². The van der Waals surface area contributed by atoms with E-state index in [0.29, 0.717) is 5.92 Å². The SMILES string of the molecule is CCn1nc(O)c(CC(C)C)c1-c1ccccc1. The minimum absolute atomic E-state index is 0.171. The Morgan fingerprint density at radius 2 is 1.89 bits per heavy atom. The molecule has 0 spiro atoms. The third-order valence-electron chi connectivity index (χ3n) is 2.99. The first-order valence-corrected chi connectivity index (χ1v) is 6.47. The van der Waals surface area contributed by atoms with E-state index >= 15 is 0 Å².